The highest BCUT2D eigenvalue weighted by atomic mass is 35.5. The maximum Gasteiger partial charge on any atom is 0.233 e. The fraction of sp³-hybridized carbons (Fsp3) is 0.409. The zero-order valence-corrected chi connectivity index (χ0v) is 17.4. The van der Waals surface area contributed by atoms with E-state index in [0.29, 0.717) is 36.0 Å². The van der Waals surface area contributed by atoms with Crippen molar-refractivity contribution in [2.75, 3.05) is 31.9 Å². The minimum absolute atomic E-state index is 0.175. The first-order valence-corrected chi connectivity index (χ1v) is 11.1. The fourth-order valence-electron chi connectivity index (χ4n) is 3.94. The van der Waals surface area contributed by atoms with Gasteiger partial charge in [-0.05, 0) is 54.7 Å². The molecule has 28 heavy (non-hydrogen) atoms. The van der Waals surface area contributed by atoms with Crippen LogP contribution in [0, 0.1) is 5.82 Å². The topological polar surface area (TPSA) is 23.6 Å². The van der Waals surface area contributed by atoms with Gasteiger partial charge in [0.25, 0.3) is 0 Å². The molecule has 1 aliphatic carbocycles. The number of nitrogens with zero attached hydrogens (tertiary/aromatic N) is 2. The first kappa shape index (κ1) is 19.7. The number of thioether (sulfide) groups is 1. The van der Waals surface area contributed by atoms with Crippen molar-refractivity contribution in [1.29, 1.82) is 0 Å². The van der Waals surface area contributed by atoms with Gasteiger partial charge in [0.05, 0.1) is 5.75 Å². The molecule has 148 valence electrons. The molecule has 0 unspecified atom stereocenters. The zero-order valence-electron chi connectivity index (χ0n) is 15.8. The van der Waals surface area contributed by atoms with Crippen molar-refractivity contribution in [1.82, 2.24) is 9.80 Å². The highest BCUT2D eigenvalue weighted by Gasteiger charge is 2.22. The number of hydrogen-bond acceptors (Lipinski definition) is 3. The summed E-state index contributed by atoms with van der Waals surface area (Å²) in [6.07, 6.45) is 3.58. The Bertz CT molecular complexity index is 847. The van der Waals surface area contributed by atoms with E-state index in [2.05, 4.69) is 23.1 Å². The van der Waals surface area contributed by atoms with Crippen LogP contribution in [0.1, 0.15) is 23.1 Å². The standard InChI is InChI=1S/C22H24ClFN2OS/c23-20-5-2-6-21(24)19(20)14-25-9-11-26(12-10-25)22(27)15-28-18-8-7-16-3-1-4-17(16)13-18/h2,5-8,13H,1,3-4,9-12,14-15H2. The van der Waals surface area contributed by atoms with Crippen LogP contribution < -0.4 is 0 Å². The van der Waals surface area contributed by atoms with Gasteiger partial charge in [0.2, 0.25) is 5.91 Å². The molecular weight excluding hydrogens is 395 g/mol. The molecule has 3 nitrogen and oxygen atoms in total. The normalized spacial score (nSPS) is 17.0. The molecular formula is C22H24ClFN2OS. The van der Waals surface area contributed by atoms with Crippen molar-refractivity contribution < 1.29 is 9.18 Å². The number of amides is 1. The number of rotatable bonds is 5. The van der Waals surface area contributed by atoms with Crippen molar-refractivity contribution in [2.24, 2.45) is 0 Å². The minimum atomic E-state index is -0.267. The third kappa shape index (κ3) is 4.53. The van der Waals surface area contributed by atoms with Crippen LogP contribution in [0.5, 0.6) is 0 Å². The van der Waals surface area contributed by atoms with Crippen LogP contribution in [-0.4, -0.2) is 47.6 Å². The summed E-state index contributed by atoms with van der Waals surface area (Å²) in [6, 6.07) is 11.4. The van der Waals surface area contributed by atoms with Gasteiger partial charge in [-0.3, -0.25) is 9.69 Å². The molecule has 0 N–H and O–H groups in total. The molecule has 4 rings (SSSR count). The fourth-order valence-corrected chi connectivity index (χ4v) is 5.02. The number of benzene rings is 2. The number of carbonyl (C=O) groups excluding carboxylic acids is 1. The van der Waals surface area contributed by atoms with E-state index in [1.807, 2.05) is 4.90 Å². The largest absolute Gasteiger partial charge is 0.339 e. The second-order valence-corrected chi connectivity index (χ2v) is 8.89. The monoisotopic (exact) mass is 418 g/mol. The van der Waals surface area contributed by atoms with E-state index < -0.39 is 0 Å². The lowest BCUT2D eigenvalue weighted by atomic mass is 10.1. The summed E-state index contributed by atoms with van der Waals surface area (Å²) in [5, 5.41) is 0.462. The molecule has 1 aliphatic heterocycles. The van der Waals surface area contributed by atoms with Crippen LogP contribution in [0.15, 0.2) is 41.3 Å². The average molecular weight is 419 g/mol. The minimum Gasteiger partial charge on any atom is -0.339 e. The van der Waals surface area contributed by atoms with Crippen molar-refractivity contribution in [3.63, 3.8) is 0 Å². The quantitative estimate of drug-likeness (QED) is 0.672. The lowest BCUT2D eigenvalue weighted by Crippen LogP contribution is -2.48. The number of aryl methyl sites for hydroxylation is 2. The third-order valence-electron chi connectivity index (χ3n) is 5.60. The maximum atomic E-state index is 14.0. The van der Waals surface area contributed by atoms with Crippen LogP contribution in [-0.2, 0) is 24.2 Å². The van der Waals surface area contributed by atoms with E-state index >= 15 is 0 Å². The van der Waals surface area contributed by atoms with Gasteiger partial charge in [-0.25, -0.2) is 4.39 Å². The Hall–Kier alpha value is -1.56. The molecule has 6 heteroatoms. The Morgan fingerprint density at radius 2 is 1.86 bits per heavy atom. The summed E-state index contributed by atoms with van der Waals surface area (Å²) < 4.78 is 14.0. The Kier molecular flexibility index (Phi) is 6.24. The van der Waals surface area contributed by atoms with Gasteiger partial charge < -0.3 is 4.90 Å². The molecule has 2 aromatic rings. The molecule has 0 spiro atoms. The van der Waals surface area contributed by atoms with Gasteiger partial charge in [0, 0.05) is 48.2 Å². The van der Waals surface area contributed by atoms with Gasteiger partial charge in [-0.15, -0.1) is 11.8 Å². The molecule has 1 amide bonds. The summed E-state index contributed by atoms with van der Waals surface area (Å²) in [6.45, 7) is 3.31. The summed E-state index contributed by atoms with van der Waals surface area (Å²) in [5.41, 5.74) is 3.44. The lowest BCUT2D eigenvalue weighted by molar-refractivity contribution is -0.130. The number of fused-ring (bicyclic) bond motifs is 1. The van der Waals surface area contributed by atoms with Crippen LogP contribution in [0.2, 0.25) is 5.02 Å². The Balaban J connectivity index is 1.26. The Labute approximate surface area is 174 Å². The lowest BCUT2D eigenvalue weighted by Gasteiger charge is -2.35. The number of halogens is 2. The van der Waals surface area contributed by atoms with Crippen molar-refractivity contribution in [2.45, 2.75) is 30.7 Å². The van der Waals surface area contributed by atoms with E-state index in [9.17, 15) is 9.18 Å². The van der Waals surface area contributed by atoms with Gasteiger partial charge in [-0.1, -0.05) is 23.7 Å². The molecule has 0 bridgehead atoms. The molecule has 0 aromatic heterocycles. The predicted octanol–water partition coefficient (Wildman–Crippen LogP) is 4.40. The second-order valence-electron chi connectivity index (χ2n) is 7.43. The summed E-state index contributed by atoms with van der Waals surface area (Å²) >= 11 is 7.75. The van der Waals surface area contributed by atoms with Gasteiger partial charge in [-0.2, -0.15) is 0 Å². The number of piperazine rings is 1. The number of hydrogen-bond donors (Lipinski definition) is 0. The van der Waals surface area contributed by atoms with E-state index in [1.165, 1.54) is 34.9 Å². The summed E-state index contributed by atoms with van der Waals surface area (Å²) in [4.78, 5) is 17.8. The highest BCUT2D eigenvalue weighted by molar-refractivity contribution is 8.00. The van der Waals surface area contributed by atoms with Crippen LogP contribution in [0.25, 0.3) is 0 Å². The van der Waals surface area contributed by atoms with Gasteiger partial charge in [0.15, 0.2) is 0 Å². The molecule has 1 saturated heterocycles. The summed E-state index contributed by atoms with van der Waals surface area (Å²) in [5.74, 6) is 0.378. The second kappa shape index (κ2) is 8.85. The van der Waals surface area contributed by atoms with Crippen LogP contribution in [0.4, 0.5) is 4.39 Å². The average Bonchev–Trinajstić information content (AvgIpc) is 3.17. The first-order chi connectivity index (χ1) is 13.6. The molecule has 0 radical (unpaired) electrons. The van der Waals surface area contributed by atoms with Crippen LogP contribution >= 0.6 is 23.4 Å². The smallest absolute Gasteiger partial charge is 0.233 e. The molecule has 0 atom stereocenters. The van der Waals surface area contributed by atoms with Crippen molar-refractivity contribution >= 4 is 29.3 Å². The molecule has 1 fully saturated rings. The number of carbonyl (C=O) groups is 1. The molecule has 2 aliphatic rings. The Morgan fingerprint density at radius 3 is 2.64 bits per heavy atom. The van der Waals surface area contributed by atoms with Gasteiger partial charge in [0.1, 0.15) is 5.82 Å². The molecule has 1 heterocycles. The van der Waals surface area contributed by atoms with E-state index in [-0.39, 0.29) is 11.7 Å². The predicted molar refractivity (Wildman–Crippen MR) is 112 cm³/mol. The first-order valence-electron chi connectivity index (χ1n) is 9.78. The summed E-state index contributed by atoms with van der Waals surface area (Å²) in [7, 11) is 0. The molecule has 2 aromatic carbocycles. The van der Waals surface area contributed by atoms with Crippen molar-refractivity contribution in [3.05, 3.63) is 63.9 Å². The van der Waals surface area contributed by atoms with E-state index in [1.54, 1.807) is 23.9 Å². The van der Waals surface area contributed by atoms with Crippen molar-refractivity contribution in [3.8, 4) is 0 Å². The van der Waals surface area contributed by atoms with E-state index in [4.69, 9.17) is 11.6 Å². The highest BCUT2D eigenvalue weighted by Crippen LogP contribution is 2.28. The van der Waals surface area contributed by atoms with Crippen LogP contribution in [0.3, 0.4) is 0 Å². The SMILES string of the molecule is O=C(CSc1ccc2c(c1)CCC2)N1CCN(Cc2c(F)cccc2Cl)CC1. The van der Waals surface area contributed by atoms with E-state index in [0.717, 1.165) is 19.5 Å². The molecule has 0 saturated carbocycles. The van der Waals surface area contributed by atoms with Gasteiger partial charge >= 0.3 is 0 Å². The third-order valence-corrected chi connectivity index (χ3v) is 6.93. The maximum absolute atomic E-state index is 14.0. The zero-order chi connectivity index (χ0) is 19.5. The Morgan fingerprint density at radius 1 is 1.07 bits per heavy atom.